The quantitative estimate of drug-likeness (QED) is 0.891. The van der Waals surface area contributed by atoms with Crippen LogP contribution in [0.15, 0.2) is 18.2 Å². The number of para-hydroxylation sites is 1. The molecule has 94 valence electrons. The fourth-order valence-electron chi connectivity index (χ4n) is 2.77. The number of rotatable bonds is 3. The second kappa shape index (κ2) is 5.74. The summed E-state index contributed by atoms with van der Waals surface area (Å²) in [6.45, 7) is 3.92. The van der Waals surface area contributed by atoms with Crippen LogP contribution in [0.4, 0.5) is 5.69 Å². The van der Waals surface area contributed by atoms with Gasteiger partial charge in [0.2, 0.25) is 0 Å². The van der Waals surface area contributed by atoms with Crippen LogP contribution in [0.1, 0.15) is 38.2 Å². The number of anilines is 1. The van der Waals surface area contributed by atoms with E-state index in [0.29, 0.717) is 12.6 Å². The fourth-order valence-corrected chi connectivity index (χ4v) is 3.07. The number of hydrogen-bond donors (Lipinski definition) is 1. The minimum atomic E-state index is 0.558. The van der Waals surface area contributed by atoms with Gasteiger partial charge in [0.25, 0.3) is 0 Å². The summed E-state index contributed by atoms with van der Waals surface area (Å²) in [7, 11) is 0. The first-order chi connectivity index (χ1) is 8.27. The minimum Gasteiger partial charge on any atom is -0.367 e. The molecule has 0 spiro atoms. The van der Waals surface area contributed by atoms with Gasteiger partial charge in [-0.15, -0.1) is 0 Å². The summed E-state index contributed by atoms with van der Waals surface area (Å²) in [4.78, 5) is 2.47. The van der Waals surface area contributed by atoms with Crippen LogP contribution in [0, 0.1) is 0 Å². The number of piperidine rings is 1. The molecule has 0 saturated carbocycles. The van der Waals surface area contributed by atoms with Gasteiger partial charge in [-0.05, 0) is 37.3 Å². The Morgan fingerprint density at radius 3 is 2.94 bits per heavy atom. The normalized spacial score (nSPS) is 20.6. The van der Waals surface area contributed by atoms with Crippen molar-refractivity contribution in [2.45, 2.75) is 45.2 Å². The third-order valence-corrected chi connectivity index (χ3v) is 3.98. The second-order valence-corrected chi connectivity index (χ2v) is 5.11. The van der Waals surface area contributed by atoms with Crippen molar-refractivity contribution in [3.05, 3.63) is 28.8 Å². The molecule has 1 fully saturated rings. The average Bonchev–Trinajstić information content (AvgIpc) is 2.38. The van der Waals surface area contributed by atoms with Gasteiger partial charge in [-0.2, -0.15) is 0 Å². The smallest absolute Gasteiger partial charge is 0.0643 e. The lowest BCUT2D eigenvalue weighted by molar-refractivity contribution is 0.449. The Bertz CT molecular complexity index is 378. The van der Waals surface area contributed by atoms with Crippen LogP contribution < -0.4 is 10.6 Å². The summed E-state index contributed by atoms with van der Waals surface area (Å²) in [6.07, 6.45) is 5.03. The van der Waals surface area contributed by atoms with Crippen molar-refractivity contribution >= 4 is 17.3 Å². The van der Waals surface area contributed by atoms with Gasteiger partial charge >= 0.3 is 0 Å². The maximum absolute atomic E-state index is 6.37. The van der Waals surface area contributed by atoms with Gasteiger partial charge in [0.05, 0.1) is 10.7 Å². The Morgan fingerprint density at radius 2 is 2.24 bits per heavy atom. The van der Waals surface area contributed by atoms with E-state index in [9.17, 15) is 0 Å². The maximum atomic E-state index is 6.37. The highest BCUT2D eigenvalue weighted by molar-refractivity contribution is 6.33. The molecule has 0 bridgehead atoms. The number of hydrogen-bond acceptors (Lipinski definition) is 2. The van der Waals surface area contributed by atoms with Crippen LogP contribution in [-0.4, -0.2) is 12.6 Å². The van der Waals surface area contributed by atoms with E-state index in [2.05, 4.69) is 17.9 Å². The van der Waals surface area contributed by atoms with E-state index in [1.54, 1.807) is 0 Å². The van der Waals surface area contributed by atoms with E-state index in [-0.39, 0.29) is 0 Å². The van der Waals surface area contributed by atoms with Crippen LogP contribution >= 0.6 is 11.6 Å². The van der Waals surface area contributed by atoms with Crippen molar-refractivity contribution in [3.63, 3.8) is 0 Å². The molecule has 2 N–H and O–H groups in total. The predicted octanol–water partition coefficient (Wildman–Crippen LogP) is 3.57. The zero-order valence-electron chi connectivity index (χ0n) is 10.5. The van der Waals surface area contributed by atoms with Crippen molar-refractivity contribution in [2.75, 3.05) is 11.4 Å². The zero-order chi connectivity index (χ0) is 12.3. The van der Waals surface area contributed by atoms with E-state index < -0.39 is 0 Å². The molecule has 2 nitrogen and oxygen atoms in total. The number of nitrogens with zero attached hydrogens (tertiary/aromatic N) is 1. The molecule has 1 aromatic carbocycles. The molecule has 2 rings (SSSR count). The molecule has 0 aromatic heterocycles. The average molecular weight is 253 g/mol. The summed E-state index contributed by atoms with van der Waals surface area (Å²) in [6, 6.07) is 6.66. The van der Waals surface area contributed by atoms with E-state index in [1.165, 1.54) is 31.4 Å². The molecule has 1 saturated heterocycles. The molecule has 1 heterocycles. The van der Waals surface area contributed by atoms with Crippen molar-refractivity contribution in [1.82, 2.24) is 0 Å². The van der Waals surface area contributed by atoms with Gasteiger partial charge in [0, 0.05) is 19.1 Å². The molecule has 1 atom stereocenters. The minimum absolute atomic E-state index is 0.558. The Labute approximate surface area is 109 Å². The Hall–Kier alpha value is -0.730. The van der Waals surface area contributed by atoms with Crippen LogP contribution in [0.25, 0.3) is 0 Å². The van der Waals surface area contributed by atoms with Crippen molar-refractivity contribution in [3.8, 4) is 0 Å². The summed E-state index contributed by atoms with van der Waals surface area (Å²) in [5, 5.41) is 0.841. The Balaban J connectivity index is 2.36. The molecule has 0 aliphatic carbocycles. The van der Waals surface area contributed by atoms with Gasteiger partial charge in [0.15, 0.2) is 0 Å². The highest BCUT2D eigenvalue weighted by Crippen LogP contribution is 2.35. The molecule has 1 aromatic rings. The third-order valence-electron chi connectivity index (χ3n) is 3.68. The Kier molecular flexibility index (Phi) is 4.30. The molecule has 1 aliphatic heterocycles. The zero-order valence-corrected chi connectivity index (χ0v) is 11.2. The lowest BCUT2D eigenvalue weighted by Gasteiger charge is -2.38. The molecule has 0 amide bonds. The lowest BCUT2D eigenvalue weighted by atomic mass is 9.98. The molecular formula is C14H21ClN2. The van der Waals surface area contributed by atoms with E-state index in [0.717, 1.165) is 17.1 Å². The Morgan fingerprint density at radius 1 is 1.41 bits per heavy atom. The number of nitrogens with two attached hydrogens (primary N) is 1. The maximum Gasteiger partial charge on any atom is 0.0643 e. The van der Waals surface area contributed by atoms with Gasteiger partial charge in [0.1, 0.15) is 0 Å². The molecule has 3 heteroatoms. The summed E-state index contributed by atoms with van der Waals surface area (Å²) in [5.41, 5.74) is 8.16. The monoisotopic (exact) mass is 252 g/mol. The fraction of sp³-hybridized carbons (Fsp3) is 0.571. The molecule has 17 heavy (non-hydrogen) atoms. The second-order valence-electron chi connectivity index (χ2n) is 4.70. The molecule has 1 unspecified atom stereocenters. The third kappa shape index (κ3) is 2.58. The lowest BCUT2D eigenvalue weighted by Crippen LogP contribution is -2.40. The van der Waals surface area contributed by atoms with Crippen LogP contribution in [0.5, 0.6) is 0 Å². The SMILES string of the molecule is CCC1CCCCN1c1c(Cl)cccc1CN. The molecule has 0 radical (unpaired) electrons. The largest absolute Gasteiger partial charge is 0.367 e. The van der Waals surface area contributed by atoms with Gasteiger partial charge in [-0.3, -0.25) is 0 Å². The van der Waals surface area contributed by atoms with Gasteiger partial charge < -0.3 is 10.6 Å². The summed E-state index contributed by atoms with van der Waals surface area (Å²) >= 11 is 6.37. The highest BCUT2D eigenvalue weighted by Gasteiger charge is 2.24. The van der Waals surface area contributed by atoms with E-state index in [1.807, 2.05) is 12.1 Å². The predicted molar refractivity (Wildman–Crippen MR) is 74.6 cm³/mol. The van der Waals surface area contributed by atoms with Gasteiger partial charge in [-0.25, -0.2) is 0 Å². The number of benzene rings is 1. The van der Waals surface area contributed by atoms with Crippen LogP contribution in [-0.2, 0) is 6.54 Å². The van der Waals surface area contributed by atoms with Crippen LogP contribution in [0.2, 0.25) is 5.02 Å². The van der Waals surface area contributed by atoms with E-state index >= 15 is 0 Å². The first-order valence-corrected chi connectivity index (χ1v) is 6.89. The first-order valence-electron chi connectivity index (χ1n) is 6.52. The topological polar surface area (TPSA) is 29.3 Å². The van der Waals surface area contributed by atoms with E-state index in [4.69, 9.17) is 17.3 Å². The first kappa shape index (κ1) is 12.7. The molecular weight excluding hydrogens is 232 g/mol. The van der Waals surface area contributed by atoms with Crippen LogP contribution in [0.3, 0.4) is 0 Å². The van der Waals surface area contributed by atoms with Crippen molar-refractivity contribution < 1.29 is 0 Å². The van der Waals surface area contributed by atoms with Gasteiger partial charge in [-0.1, -0.05) is 30.7 Å². The highest BCUT2D eigenvalue weighted by atomic mass is 35.5. The van der Waals surface area contributed by atoms with Crippen molar-refractivity contribution in [1.29, 1.82) is 0 Å². The standard InChI is InChI=1S/C14H21ClN2/c1-2-12-7-3-4-9-17(12)14-11(10-16)6-5-8-13(14)15/h5-6,8,12H,2-4,7,9-10,16H2,1H3. The summed E-state index contributed by atoms with van der Waals surface area (Å²) < 4.78 is 0. The van der Waals surface area contributed by atoms with Crippen molar-refractivity contribution in [2.24, 2.45) is 5.73 Å². The summed E-state index contributed by atoms with van der Waals surface area (Å²) in [5.74, 6) is 0. The molecule has 1 aliphatic rings. The number of halogens is 1.